The third-order valence-electron chi connectivity index (χ3n) is 6.08. The number of aromatic nitrogens is 3. The molecule has 150 valence electrons. The average Bonchev–Trinajstić information content (AvgIpc) is 2.78. The molecule has 0 bridgehead atoms. The van der Waals surface area contributed by atoms with Gasteiger partial charge in [0.25, 0.3) is 0 Å². The second-order valence-electron chi connectivity index (χ2n) is 7.83. The Labute approximate surface area is 173 Å². The van der Waals surface area contributed by atoms with Gasteiger partial charge in [0, 0.05) is 78.5 Å². The van der Waals surface area contributed by atoms with Gasteiger partial charge in [-0.25, -0.2) is 9.97 Å². The van der Waals surface area contributed by atoms with Crippen molar-refractivity contribution in [3.8, 4) is 0 Å². The fourth-order valence-electron chi connectivity index (χ4n) is 4.24. The van der Waals surface area contributed by atoms with E-state index in [2.05, 4.69) is 51.0 Å². The van der Waals surface area contributed by atoms with Gasteiger partial charge in [-0.05, 0) is 24.6 Å². The number of piperazine rings is 1. The molecule has 3 aromatic rings. The van der Waals surface area contributed by atoms with E-state index in [4.69, 9.17) is 4.98 Å². The summed E-state index contributed by atoms with van der Waals surface area (Å²) in [7, 11) is -0.755. The van der Waals surface area contributed by atoms with E-state index in [1.165, 1.54) is 10.9 Å². The van der Waals surface area contributed by atoms with Crippen LogP contribution in [0, 0.1) is 0 Å². The number of aryl methyl sites for hydroxylation is 1. The zero-order valence-electron chi connectivity index (χ0n) is 16.6. The first-order chi connectivity index (χ1) is 14.2. The summed E-state index contributed by atoms with van der Waals surface area (Å²) in [6, 6.07) is 11.0. The molecule has 1 aromatic carbocycles. The number of pyridine rings is 1. The molecule has 5 rings (SSSR count). The largest absolute Gasteiger partial charge is 0.338 e. The number of anilines is 1. The third-order valence-corrected chi connectivity index (χ3v) is 7.37. The fraction of sp³-hybridized carbons (Fsp3) is 0.409. The van der Waals surface area contributed by atoms with Crippen LogP contribution in [0.2, 0.25) is 0 Å². The van der Waals surface area contributed by atoms with Crippen LogP contribution in [-0.4, -0.2) is 56.0 Å². The quantitative estimate of drug-likeness (QED) is 0.665. The fourth-order valence-corrected chi connectivity index (χ4v) is 5.39. The Morgan fingerprint density at radius 1 is 1.10 bits per heavy atom. The highest BCUT2D eigenvalue weighted by molar-refractivity contribution is 7.84. The lowest BCUT2D eigenvalue weighted by Gasteiger charge is -2.38. The van der Waals surface area contributed by atoms with Gasteiger partial charge in [-0.15, -0.1) is 0 Å². The molecule has 2 aromatic heterocycles. The number of fused-ring (bicyclic) bond motifs is 2. The van der Waals surface area contributed by atoms with E-state index >= 15 is 0 Å². The molecule has 1 fully saturated rings. The molecule has 0 spiro atoms. The maximum absolute atomic E-state index is 11.7. The van der Waals surface area contributed by atoms with Crippen LogP contribution in [-0.2, 0) is 23.0 Å². The van der Waals surface area contributed by atoms with E-state index in [1.54, 1.807) is 0 Å². The summed E-state index contributed by atoms with van der Waals surface area (Å²) in [6.07, 6.45) is 4.53. The Bertz CT molecular complexity index is 1060. The van der Waals surface area contributed by atoms with Crippen molar-refractivity contribution in [3.05, 3.63) is 59.5 Å². The lowest BCUT2D eigenvalue weighted by atomic mass is 10.0. The Kier molecular flexibility index (Phi) is 5.01. The van der Waals surface area contributed by atoms with Gasteiger partial charge in [-0.1, -0.05) is 18.2 Å². The molecule has 4 heterocycles. The summed E-state index contributed by atoms with van der Waals surface area (Å²) in [4.78, 5) is 18.6. The van der Waals surface area contributed by atoms with Crippen molar-refractivity contribution >= 4 is 27.7 Å². The Balaban J connectivity index is 1.26. The van der Waals surface area contributed by atoms with Crippen LogP contribution in [0.4, 0.5) is 5.95 Å². The highest BCUT2D eigenvalue weighted by Crippen LogP contribution is 2.26. The summed E-state index contributed by atoms with van der Waals surface area (Å²) in [5.41, 5.74) is 4.49. The van der Waals surface area contributed by atoms with E-state index in [0.29, 0.717) is 11.8 Å². The Morgan fingerprint density at radius 2 is 1.97 bits per heavy atom. The summed E-state index contributed by atoms with van der Waals surface area (Å²) < 4.78 is 11.7. The van der Waals surface area contributed by atoms with E-state index in [-0.39, 0.29) is 0 Å². The molecule has 0 N–H and O–H groups in total. The minimum absolute atomic E-state index is 0.350. The van der Waals surface area contributed by atoms with Crippen LogP contribution in [0.25, 0.3) is 10.9 Å². The summed E-state index contributed by atoms with van der Waals surface area (Å²) in [5, 5.41) is 1.18. The topological polar surface area (TPSA) is 62.2 Å². The number of hydrogen-bond donors (Lipinski definition) is 0. The van der Waals surface area contributed by atoms with Crippen molar-refractivity contribution < 1.29 is 4.21 Å². The van der Waals surface area contributed by atoms with Gasteiger partial charge in [-0.3, -0.25) is 14.1 Å². The van der Waals surface area contributed by atoms with Crippen molar-refractivity contribution in [1.82, 2.24) is 19.9 Å². The van der Waals surface area contributed by atoms with Crippen molar-refractivity contribution in [2.45, 2.75) is 25.1 Å². The second-order valence-corrected chi connectivity index (χ2v) is 9.41. The predicted octanol–water partition coefficient (Wildman–Crippen LogP) is 2.71. The zero-order chi connectivity index (χ0) is 19.8. The number of nitrogens with zero attached hydrogens (tertiary/aromatic N) is 5. The van der Waals surface area contributed by atoms with Crippen LogP contribution in [0.3, 0.4) is 0 Å². The maximum Gasteiger partial charge on any atom is 0.225 e. The van der Waals surface area contributed by atoms with E-state index in [0.717, 1.165) is 61.1 Å². The summed E-state index contributed by atoms with van der Waals surface area (Å²) >= 11 is 0. The van der Waals surface area contributed by atoms with Crippen LogP contribution in [0.5, 0.6) is 0 Å². The SMILES string of the molecule is CC(c1ccc2cccnc2c1)N1CCN(c2ncc3c(n2)CCS(=O)C3)CC1. The highest BCUT2D eigenvalue weighted by Gasteiger charge is 2.25. The lowest BCUT2D eigenvalue weighted by Crippen LogP contribution is -2.47. The molecule has 1 saturated heterocycles. The normalized spacial score (nSPS) is 21.1. The van der Waals surface area contributed by atoms with Gasteiger partial charge in [0.2, 0.25) is 5.95 Å². The second kappa shape index (κ2) is 7.80. The monoisotopic (exact) mass is 407 g/mol. The van der Waals surface area contributed by atoms with Gasteiger partial charge in [0.05, 0.1) is 17.0 Å². The summed E-state index contributed by atoms with van der Waals surface area (Å²) in [5.74, 6) is 2.13. The Hall–Kier alpha value is -2.38. The molecule has 0 radical (unpaired) electrons. The number of hydrogen-bond acceptors (Lipinski definition) is 6. The van der Waals surface area contributed by atoms with Crippen LogP contribution < -0.4 is 4.90 Å². The molecule has 2 aliphatic heterocycles. The van der Waals surface area contributed by atoms with E-state index in [9.17, 15) is 4.21 Å². The van der Waals surface area contributed by atoms with Crippen LogP contribution in [0.15, 0.2) is 42.7 Å². The average molecular weight is 408 g/mol. The minimum atomic E-state index is -0.755. The molecular weight excluding hydrogens is 382 g/mol. The van der Waals surface area contributed by atoms with Gasteiger partial charge in [0.15, 0.2) is 0 Å². The number of rotatable bonds is 3. The predicted molar refractivity (Wildman–Crippen MR) is 116 cm³/mol. The van der Waals surface area contributed by atoms with Crippen molar-refractivity contribution in [1.29, 1.82) is 0 Å². The minimum Gasteiger partial charge on any atom is -0.338 e. The van der Waals surface area contributed by atoms with Crippen molar-refractivity contribution in [2.24, 2.45) is 0 Å². The molecular formula is C22H25N5OS. The first kappa shape index (κ1) is 18.6. The molecule has 7 heteroatoms. The highest BCUT2D eigenvalue weighted by atomic mass is 32.2. The molecule has 2 atom stereocenters. The molecule has 0 saturated carbocycles. The lowest BCUT2D eigenvalue weighted by molar-refractivity contribution is 0.198. The molecule has 6 nitrogen and oxygen atoms in total. The third kappa shape index (κ3) is 3.76. The van der Waals surface area contributed by atoms with Crippen molar-refractivity contribution in [2.75, 3.05) is 36.8 Å². The molecule has 2 unspecified atom stereocenters. The van der Waals surface area contributed by atoms with Gasteiger partial charge in [0.1, 0.15) is 0 Å². The standard InChI is InChI=1S/C22H25N5OS/c1-16(18-5-4-17-3-2-7-23-21(17)13-18)26-8-10-27(11-9-26)22-24-14-19-15-29(28)12-6-20(19)25-22/h2-5,7,13-14,16H,6,8-12,15H2,1H3. The van der Waals surface area contributed by atoms with Gasteiger partial charge in [-0.2, -0.15) is 0 Å². The molecule has 2 aliphatic rings. The van der Waals surface area contributed by atoms with Crippen LogP contribution >= 0.6 is 0 Å². The molecule has 0 amide bonds. The molecule has 29 heavy (non-hydrogen) atoms. The van der Waals surface area contributed by atoms with E-state index in [1.807, 2.05) is 18.5 Å². The molecule has 0 aliphatic carbocycles. The first-order valence-electron chi connectivity index (χ1n) is 10.2. The maximum atomic E-state index is 11.7. The van der Waals surface area contributed by atoms with Crippen LogP contribution in [0.1, 0.15) is 29.8 Å². The van der Waals surface area contributed by atoms with E-state index < -0.39 is 10.8 Å². The Morgan fingerprint density at radius 3 is 2.83 bits per heavy atom. The van der Waals surface area contributed by atoms with Gasteiger partial charge < -0.3 is 4.90 Å². The smallest absolute Gasteiger partial charge is 0.225 e. The van der Waals surface area contributed by atoms with Crippen molar-refractivity contribution in [3.63, 3.8) is 0 Å². The number of benzene rings is 1. The summed E-state index contributed by atoms with van der Waals surface area (Å²) in [6.45, 7) is 6.06. The van der Waals surface area contributed by atoms with Gasteiger partial charge >= 0.3 is 0 Å². The zero-order valence-corrected chi connectivity index (χ0v) is 17.4. The first-order valence-corrected chi connectivity index (χ1v) is 11.7.